The van der Waals surface area contributed by atoms with Gasteiger partial charge in [0, 0.05) is 18.8 Å². The maximum atomic E-state index is 11.5. The number of hydrogen-bond donors (Lipinski definition) is 2. The molecule has 114 valence electrons. The van der Waals surface area contributed by atoms with Crippen LogP contribution in [0.5, 0.6) is 0 Å². The van der Waals surface area contributed by atoms with Crippen molar-refractivity contribution in [2.75, 3.05) is 30.0 Å². The van der Waals surface area contributed by atoms with E-state index in [2.05, 4.69) is 13.8 Å². The van der Waals surface area contributed by atoms with Crippen LogP contribution in [0.25, 0.3) is 0 Å². The van der Waals surface area contributed by atoms with E-state index in [1.165, 1.54) is 6.07 Å². The zero-order chi connectivity index (χ0) is 15.3. The first-order valence-corrected chi connectivity index (χ1v) is 8.71. The summed E-state index contributed by atoms with van der Waals surface area (Å²) < 4.78 is 23.1. The van der Waals surface area contributed by atoms with Gasteiger partial charge in [-0.1, -0.05) is 13.8 Å². The van der Waals surface area contributed by atoms with E-state index < -0.39 is 9.84 Å². The van der Waals surface area contributed by atoms with Crippen LogP contribution in [-0.2, 0) is 9.84 Å². The molecule has 0 saturated heterocycles. The van der Waals surface area contributed by atoms with Gasteiger partial charge in [-0.25, -0.2) is 8.42 Å². The molecule has 0 aliphatic rings. The zero-order valence-corrected chi connectivity index (χ0v) is 13.2. The molecule has 0 aliphatic carbocycles. The van der Waals surface area contributed by atoms with Crippen molar-refractivity contribution in [2.45, 2.75) is 37.6 Å². The molecule has 0 fully saturated rings. The van der Waals surface area contributed by atoms with Gasteiger partial charge in [-0.15, -0.1) is 0 Å². The van der Waals surface area contributed by atoms with E-state index in [-0.39, 0.29) is 17.5 Å². The summed E-state index contributed by atoms with van der Waals surface area (Å²) in [6.07, 6.45) is 3.03. The van der Waals surface area contributed by atoms with Crippen LogP contribution < -0.4 is 10.6 Å². The largest absolute Gasteiger partial charge is 0.397 e. The van der Waals surface area contributed by atoms with Gasteiger partial charge in [-0.3, -0.25) is 0 Å². The molecule has 0 radical (unpaired) electrons. The third kappa shape index (κ3) is 3.86. The van der Waals surface area contributed by atoms with Crippen LogP contribution in [0.4, 0.5) is 11.4 Å². The lowest BCUT2D eigenvalue weighted by Crippen LogP contribution is -2.37. The van der Waals surface area contributed by atoms with E-state index in [4.69, 9.17) is 5.73 Å². The van der Waals surface area contributed by atoms with Gasteiger partial charge in [-0.2, -0.15) is 0 Å². The van der Waals surface area contributed by atoms with Gasteiger partial charge in [0.15, 0.2) is 9.84 Å². The molecule has 0 heterocycles. The smallest absolute Gasteiger partial charge is 0.175 e. The van der Waals surface area contributed by atoms with Gasteiger partial charge >= 0.3 is 0 Å². The first kappa shape index (κ1) is 16.8. The summed E-state index contributed by atoms with van der Waals surface area (Å²) in [6.45, 7) is 4.68. The molecule has 5 nitrogen and oxygen atoms in total. The highest BCUT2D eigenvalue weighted by Crippen LogP contribution is 2.29. The quantitative estimate of drug-likeness (QED) is 0.748. The normalized spacial score (nSPS) is 11.8. The molecule has 0 saturated carbocycles. The van der Waals surface area contributed by atoms with Crippen molar-refractivity contribution in [1.29, 1.82) is 0 Å². The molecule has 0 atom stereocenters. The Labute approximate surface area is 121 Å². The highest BCUT2D eigenvalue weighted by molar-refractivity contribution is 7.90. The van der Waals surface area contributed by atoms with Crippen molar-refractivity contribution < 1.29 is 13.5 Å². The van der Waals surface area contributed by atoms with E-state index in [1.54, 1.807) is 12.1 Å². The number of rotatable bonds is 7. The Balaban J connectivity index is 3.21. The van der Waals surface area contributed by atoms with Crippen LogP contribution in [0, 0.1) is 0 Å². The number of nitrogens with two attached hydrogens (primary N) is 1. The molecule has 0 unspecified atom stereocenters. The molecule has 6 heteroatoms. The molecule has 0 spiro atoms. The molecule has 3 N–H and O–H groups in total. The lowest BCUT2D eigenvalue weighted by molar-refractivity contribution is 0.296. The first-order chi connectivity index (χ1) is 9.35. The number of aliphatic hydroxyl groups excluding tert-OH is 1. The van der Waals surface area contributed by atoms with E-state index in [0.717, 1.165) is 24.8 Å². The van der Waals surface area contributed by atoms with Gasteiger partial charge in [0.1, 0.15) is 0 Å². The molecule has 1 aromatic rings. The van der Waals surface area contributed by atoms with Crippen LogP contribution in [0.1, 0.15) is 26.7 Å². The fraction of sp³-hybridized carbons (Fsp3) is 0.571. The fourth-order valence-corrected chi connectivity index (χ4v) is 3.02. The van der Waals surface area contributed by atoms with Crippen molar-refractivity contribution >= 4 is 21.2 Å². The first-order valence-electron chi connectivity index (χ1n) is 6.82. The van der Waals surface area contributed by atoms with Gasteiger partial charge in [0.25, 0.3) is 0 Å². The molecular formula is C14H24N2O3S. The summed E-state index contributed by atoms with van der Waals surface area (Å²) in [4.78, 5) is 2.26. The molecule has 0 aromatic heterocycles. The lowest BCUT2D eigenvalue weighted by atomic mass is 10.1. The average Bonchev–Trinajstić information content (AvgIpc) is 2.38. The van der Waals surface area contributed by atoms with Gasteiger partial charge in [-0.05, 0) is 31.0 Å². The highest BCUT2D eigenvalue weighted by Gasteiger charge is 2.19. The van der Waals surface area contributed by atoms with Crippen LogP contribution >= 0.6 is 0 Å². The monoisotopic (exact) mass is 300 g/mol. The number of nitrogen functional groups attached to an aromatic ring is 1. The standard InChI is InChI=1S/C14H24N2O3S/c1-4-11(5-2)16(8-9-17)14-7-6-12(10-13(14)15)20(3,18)19/h6-7,10-11,17H,4-5,8-9,15H2,1-3H3. The molecule has 20 heavy (non-hydrogen) atoms. The van der Waals surface area contributed by atoms with E-state index in [0.29, 0.717) is 12.2 Å². The lowest BCUT2D eigenvalue weighted by Gasteiger charge is -2.33. The number of anilines is 2. The van der Waals surface area contributed by atoms with Crippen molar-refractivity contribution in [2.24, 2.45) is 0 Å². The Morgan fingerprint density at radius 3 is 2.30 bits per heavy atom. The van der Waals surface area contributed by atoms with Crippen LogP contribution in [0.2, 0.25) is 0 Å². The third-order valence-corrected chi connectivity index (χ3v) is 4.57. The minimum absolute atomic E-state index is 0.0315. The Morgan fingerprint density at radius 2 is 1.90 bits per heavy atom. The predicted molar refractivity (Wildman–Crippen MR) is 82.8 cm³/mol. The van der Waals surface area contributed by atoms with E-state index in [1.807, 2.05) is 4.90 Å². The maximum absolute atomic E-state index is 11.5. The van der Waals surface area contributed by atoms with E-state index in [9.17, 15) is 13.5 Å². The summed E-state index contributed by atoms with van der Waals surface area (Å²) in [5.41, 5.74) is 7.21. The Morgan fingerprint density at radius 1 is 1.30 bits per heavy atom. The molecule has 0 aliphatic heterocycles. The third-order valence-electron chi connectivity index (χ3n) is 3.46. The number of benzene rings is 1. The number of aliphatic hydroxyl groups is 1. The number of sulfone groups is 1. The molecule has 0 bridgehead atoms. The summed E-state index contributed by atoms with van der Waals surface area (Å²) in [5, 5.41) is 9.23. The molecule has 1 rings (SSSR count). The highest BCUT2D eigenvalue weighted by atomic mass is 32.2. The topological polar surface area (TPSA) is 83.6 Å². The van der Waals surface area contributed by atoms with Gasteiger partial charge in [0.2, 0.25) is 0 Å². The predicted octanol–water partition coefficient (Wildman–Crippen LogP) is 1.66. The molecular weight excluding hydrogens is 276 g/mol. The fourth-order valence-electron chi connectivity index (χ4n) is 2.36. The minimum atomic E-state index is -3.26. The van der Waals surface area contributed by atoms with Crippen molar-refractivity contribution in [3.8, 4) is 0 Å². The second-order valence-electron chi connectivity index (χ2n) is 4.88. The Bertz CT molecular complexity index is 539. The number of hydrogen-bond acceptors (Lipinski definition) is 5. The SMILES string of the molecule is CCC(CC)N(CCO)c1ccc(S(C)(=O)=O)cc1N. The van der Waals surface area contributed by atoms with Gasteiger partial charge < -0.3 is 15.7 Å². The summed E-state index contributed by atoms with van der Waals surface area (Å²) >= 11 is 0. The van der Waals surface area contributed by atoms with Gasteiger partial charge in [0.05, 0.1) is 22.9 Å². The minimum Gasteiger partial charge on any atom is -0.397 e. The van der Waals surface area contributed by atoms with Crippen LogP contribution in [0.15, 0.2) is 23.1 Å². The zero-order valence-electron chi connectivity index (χ0n) is 12.3. The van der Waals surface area contributed by atoms with Crippen molar-refractivity contribution in [3.63, 3.8) is 0 Å². The van der Waals surface area contributed by atoms with Crippen LogP contribution in [-0.4, -0.2) is 39.0 Å². The van der Waals surface area contributed by atoms with Crippen molar-refractivity contribution in [1.82, 2.24) is 0 Å². The second kappa shape index (κ2) is 6.95. The maximum Gasteiger partial charge on any atom is 0.175 e. The Kier molecular flexibility index (Phi) is 5.83. The summed E-state index contributed by atoms with van der Waals surface area (Å²) in [5.74, 6) is 0. The Hall–Kier alpha value is -1.27. The second-order valence-corrected chi connectivity index (χ2v) is 6.90. The number of nitrogens with zero attached hydrogens (tertiary/aromatic N) is 1. The average molecular weight is 300 g/mol. The molecule has 1 aromatic carbocycles. The van der Waals surface area contributed by atoms with Crippen molar-refractivity contribution in [3.05, 3.63) is 18.2 Å². The summed E-state index contributed by atoms with van der Waals surface area (Å²) in [6, 6.07) is 5.04. The summed E-state index contributed by atoms with van der Waals surface area (Å²) in [7, 11) is -3.26. The van der Waals surface area contributed by atoms with Crippen LogP contribution in [0.3, 0.4) is 0 Å². The van der Waals surface area contributed by atoms with E-state index >= 15 is 0 Å². The molecule has 0 amide bonds.